The fourth-order valence-corrected chi connectivity index (χ4v) is 3.01. The summed E-state index contributed by atoms with van der Waals surface area (Å²) in [5.74, 6) is 1.71. The second-order valence-electron chi connectivity index (χ2n) is 6.82. The molecule has 1 amide bonds. The first-order valence-electron chi connectivity index (χ1n) is 8.37. The van der Waals surface area contributed by atoms with Gasteiger partial charge in [0.25, 0.3) is 5.89 Å². The van der Waals surface area contributed by atoms with Crippen LogP contribution in [0.1, 0.15) is 32.5 Å². The number of halogens is 1. The van der Waals surface area contributed by atoms with Crippen molar-refractivity contribution in [3.05, 3.63) is 35.9 Å². The molecule has 24 heavy (non-hydrogen) atoms. The summed E-state index contributed by atoms with van der Waals surface area (Å²) in [5, 5.41) is 4.01. The molecule has 1 unspecified atom stereocenters. The van der Waals surface area contributed by atoms with Crippen molar-refractivity contribution in [2.75, 3.05) is 13.1 Å². The zero-order chi connectivity index (χ0) is 17.1. The molecule has 1 saturated heterocycles. The molecule has 0 N–H and O–H groups in total. The second kappa shape index (κ2) is 7.11. The van der Waals surface area contributed by atoms with Crippen LogP contribution >= 0.6 is 0 Å². The van der Waals surface area contributed by atoms with Gasteiger partial charge in [-0.2, -0.15) is 4.98 Å². The highest BCUT2D eigenvalue weighted by molar-refractivity contribution is 5.76. The Kier molecular flexibility index (Phi) is 4.92. The van der Waals surface area contributed by atoms with Gasteiger partial charge in [0.1, 0.15) is 5.82 Å². The highest BCUT2D eigenvalue weighted by atomic mass is 19.1. The fraction of sp³-hybridized carbons (Fsp3) is 0.500. The van der Waals surface area contributed by atoms with E-state index in [0.29, 0.717) is 42.0 Å². The van der Waals surface area contributed by atoms with Gasteiger partial charge >= 0.3 is 0 Å². The third-order valence-electron chi connectivity index (χ3n) is 4.25. The lowest BCUT2D eigenvalue weighted by Gasteiger charge is -2.17. The van der Waals surface area contributed by atoms with Crippen LogP contribution in [0, 0.1) is 17.7 Å². The van der Waals surface area contributed by atoms with Crippen molar-refractivity contribution in [1.29, 1.82) is 0 Å². The molecule has 2 heterocycles. The van der Waals surface area contributed by atoms with Gasteiger partial charge in [0.05, 0.1) is 0 Å². The van der Waals surface area contributed by atoms with Gasteiger partial charge < -0.3 is 9.42 Å². The molecular formula is C18H22FN3O2. The lowest BCUT2D eigenvalue weighted by molar-refractivity contribution is -0.131. The number of carbonyl (C=O) groups is 1. The van der Waals surface area contributed by atoms with E-state index >= 15 is 0 Å². The summed E-state index contributed by atoms with van der Waals surface area (Å²) in [6, 6.07) is 5.98. The van der Waals surface area contributed by atoms with Crippen LogP contribution < -0.4 is 0 Å². The van der Waals surface area contributed by atoms with Crippen LogP contribution in [-0.4, -0.2) is 34.0 Å². The molecule has 1 aliphatic rings. The standard InChI is InChI=1S/C18H22FN3O2/c1-12(2)9-17(23)22-8-7-13(11-22)10-16-20-18(24-21-16)14-3-5-15(19)6-4-14/h3-6,12-13H,7-11H2,1-2H3. The topological polar surface area (TPSA) is 59.2 Å². The normalized spacial score (nSPS) is 17.7. The van der Waals surface area contributed by atoms with Gasteiger partial charge in [-0.1, -0.05) is 19.0 Å². The van der Waals surface area contributed by atoms with Gasteiger partial charge in [0.2, 0.25) is 5.91 Å². The first-order chi connectivity index (χ1) is 11.5. The largest absolute Gasteiger partial charge is 0.342 e. The van der Waals surface area contributed by atoms with E-state index in [2.05, 4.69) is 24.0 Å². The average Bonchev–Trinajstić information content (AvgIpc) is 3.17. The van der Waals surface area contributed by atoms with Gasteiger partial charge in [-0.3, -0.25) is 4.79 Å². The van der Waals surface area contributed by atoms with E-state index in [1.54, 1.807) is 12.1 Å². The van der Waals surface area contributed by atoms with Gasteiger partial charge in [0, 0.05) is 31.5 Å². The van der Waals surface area contributed by atoms with Crippen molar-refractivity contribution in [3.8, 4) is 11.5 Å². The monoisotopic (exact) mass is 331 g/mol. The maximum absolute atomic E-state index is 13.0. The maximum Gasteiger partial charge on any atom is 0.257 e. The highest BCUT2D eigenvalue weighted by Crippen LogP contribution is 2.23. The van der Waals surface area contributed by atoms with Crippen LogP contribution in [0.3, 0.4) is 0 Å². The van der Waals surface area contributed by atoms with E-state index in [4.69, 9.17) is 4.52 Å². The third-order valence-corrected chi connectivity index (χ3v) is 4.25. The number of amides is 1. The average molecular weight is 331 g/mol. The highest BCUT2D eigenvalue weighted by Gasteiger charge is 2.27. The SMILES string of the molecule is CC(C)CC(=O)N1CCC(Cc2noc(-c3ccc(F)cc3)n2)C1. The van der Waals surface area contributed by atoms with E-state index in [1.165, 1.54) is 12.1 Å². The molecule has 1 fully saturated rings. The van der Waals surface area contributed by atoms with Crippen molar-refractivity contribution in [1.82, 2.24) is 15.0 Å². The first-order valence-corrected chi connectivity index (χ1v) is 8.37. The van der Waals surface area contributed by atoms with E-state index in [0.717, 1.165) is 19.5 Å². The molecule has 2 aromatic rings. The zero-order valence-electron chi connectivity index (χ0n) is 14.0. The lowest BCUT2D eigenvalue weighted by atomic mass is 10.0. The summed E-state index contributed by atoms with van der Waals surface area (Å²) >= 11 is 0. The molecule has 128 valence electrons. The van der Waals surface area contributed by atoms with Crippen molar-refractivity contribution < 1.29 is 13.7 Å². The van der Waals surface area contributed by atoms with Crippen LogP contribution in [0.15, 0.2) is 28.8 Å². The summed E-state index contributed by atoms with van der Waals surface area (Å²) in [4.78, 5) is 18.4. The van der Waals surface area contributed by atoms with Crippen molar-refractivity contribution >= 4 is 5.91 Å². The molecular weight excluding hydrogens is 309 g/mol. The van der Waals surface area contributed by atoms with E-state index < -0.39 is 0 Å². The van der Waals surface area contributed by atoms with Gasteiger partial charge in [0.15, 0.2) is 5.82 Å². The van der Waals surface area contributed by atoms with Crippen molar-refractivity contribution in [2.45, 2.75) is 33.1 Å². The molecule has 1 aromatic carbocycles. The quantitative estimate of drug-likeness (QED) is 0.843. The third kappa shape index (κ3) is 3.99. The Labute approximate surface area is 140 Å². The van der Waals surface area contributed by atoms with E-state index in [1.807, 2.05) is 4.90 Å². The fourth-order valence-electron chi connectivity index (χ4n) is 3.01. The number of likely N-dealkylation sites (tertiary alicyclic amines) is 1. The number of aromatic nitrogens is 2. The minimum atomic E-state index is -0.296. The molecule has 5 nitrogen and oxygen atoms in total. The molecule has 1 aliphatic heterocycles. The second-order valence-corrected chi connectivity index (χ2v) is 6.82. The molecule has 6 heteroatoms. The molecule has 0 bridgehead atoms. The molecule has 0 radical (unpaired) electrons. The van der Waals surface area contributed by atoms with Crippen LogP contribution in [0.25, 0.3) is 11.5 Å². The van der Waals surface area contributed by atoms with Crippen LogP contribution in [0.2, 0.25) is 0 Å². The Hall–Kier alpha value is -2.24. The van der Waals surface area contributed by atoms with Gasteiger partial charge in [-0.25, -0.2) is 4.39 Å². The predicted octanol–water partition coefficient (Wildman–Crippen LogP) is 3.31. The molecule has 3 rings (SSSR count). The molecule has 1 atom stereocenters. The molecule has 0 spiro atoms. The van der Waals surface area contributed by atoms with Crippen LogP contribution in [0.5, 0.6) is 0 Å². The number of rotatable bonds is 5. The minimum Gasteiger partial charge on any atom is -0.342 e. The Balaban J connectivity index is 1.58. The summed E-state index contributed by atoms with van der Waals surface area (Å²) in [7, 11) is 0. The van der Waals surface area contributed by atoms with E-state index in [-0.39, 0.29) is 11.7 Å². The number of benzene rings is 1. The van der Waals surface area contributed by atoms with Crippen LogP contribution in [0.4, 0.5) is 4.39 Å². The van der Waals surface area contributed by atoms with E-state index in [9.17, 15) is 9.18 Å². The van der Waals surface area contributed by atoms with Crippen LogP contribution in [-0.2, 0) is 11.2 Å². The number of hydrogen-bond acceptors (Lipinski definition) is 4. The Morgan fingerprint density at radius 2 is 2.12 bits per heavy atom. The van der Waals surface area contributed by atoms with Crippen molar-refractivity contribution in [2.24, 2.45) is 11.8 Å². The van der Waals surface area contributed by atoms with Crippen molar-refractivity contribution in [3.63, 3.8) is 0 Å². The molecule has 0 saturated carbocycles. The Bertz CT molecular complexity index is 697. The number of hydrogen-bond donors (Lipinski definition) is 0. The lowest BCUT2D eigenvalue weighted by Crippen LogP contribution is -2.29. The molecule has 0 aliphatic carbocycles. The maximum atomic E-state index is 13.0. The van der Waals surface area contributed by atoms with Gasteiger partial charge in [-0.15, -0.1) is 0 Å². The Morgan fingerprint density at radius 3 is 2.83 bits per heavy atom. The van der Waals surface area contributed by atoms with Gasteiger partial charge in [-0.05, 0) is 42.5 Å². The smallest absolute Gasteiger partial charge is 0.257 e. The summed E-state index contributed by atoms with van der Waals surface area (Å²) in [5.41, 5.74) is 0.704. The Morgan fingerprint density at radius 1 is 1.38 bits per heavy atom. The minimum absolute atomic E-state index is 0.229. The number of carbonyl (C=O) groups excluding carboxylic acids is 1. The zero-order valence-corrected chi connectivity index (χ0v) is 14.0. The number of nitrogens with zero attached hydrogens (tertiary/aromatic N) is 3. The summed E-state index contributed by atoms with van der Waals surface area (Å²) in [6.07, 6.45) is 2.25. The first kappa shape index (κ1) is 16.6. The summed E-state index contributed by atoms with van der Waals surface area (Å²) < 4.78 is 18.2. The predicted molar refractivity (Wildman–Crippen MR) is 87.5 cm³/mol. The summed E-state index contributed by atoms with van der Waals surface area (Å²) in [6.45, 7) is 5.67. The molecule has 1 aromatic heterocycles.